The minimum atomic E-state index is 0. The van der Waals surface area contributed by atoms with Gasteiger partial charge in [-0.3, -0.25) is 4.98 Å². The molecule has 0 unspecified atom stereocenters. The third-order valence-corrected chi connectivity index (χ3v) is 13.1. The third kappa shape index (κ3) is 6.72. The number of nitrogens with zero attached hydrogens (tertiary/aromatic N) is 4. The second kappa shape index (κ2) is 16.7. The van der Waals surface area contributed by atoms with Crippen LogP contribution in [0.4, 0.5) is 0 Å². The van der Waals surface area contributed by atoms with Crippen LogP contribution in [0.5, 0.6) is 0 Å². The first-order chi connectivity index (χ1) is 31.3. The first-order valence-electron chi connectivity index (χ1n) is 21.1. The number of thiophene rings is 1. The van der Waals surface area contributed by atoms with Crippen molar-refractivity contribution in [1.82, 2.24) is 19.1 Å². The Morgan fingerprint density at radius 1 is 0.500 bits per heavy atom. The molecule has 4 nitrogen and oxygen atoms in total. The molecule has 0 aliphatic carbocycles. The molecule has 9 aromatic carbocycles. The summed E-state index contributed by atoms with van der Waals surface area (Å²) in [6, 6.07) is 81.5. The van der Waals surface area contributed by atoms with Gasteiger partial charge in [-0.25, -0.2) is 0 Å². The van der Waals surface area contributed by atoms with Gasteiger partial charge in [-0.05, 0) is 80.4 Å². The normalized spacial score (nSPS) is 11.3. The van der Waals surface area contributed by atoms with Crippen LogP contribution in [0.15, 0.2) is 219 Å². The van der Waals surface area contributed by atoms with E-state index >= 15 is 0 Å². The number of imidazole rings is 1. The molecule has 0 aliphatic rings. The molecule has 13 rings (SSSR count). The van der Waals surface area contributed by atoms with E-state index in [0.717, 1.165) is 45.1 Å². The van der Waals surface area contributed by atoms with E-state index < -0.39 is 0 Å². The molecule has 0 aliphatic heterocycles. The predicted molar refractivity (Wildman–Crippen MR) is 264 cm³/mol. The van der Waals surface area contributed by atoms with Crippen molar-refractivity contribution in [3.8, 4) is 45.1 Å². The zero-order valence-electron chi connectivity index (χ0n) is 34.3. The van der Waals surface area contributed by atoms with E-state index in [1.807, 2.05) is 53.8 Å². The maximum atomic E-state index is 5.43. The first-order valence-corrected chi connectivity index (χ1v) is 21.9. The Morgan fingerprint density at radius 3 is 1.89 bits per heavy atom. The Bertz CT molecular complexity index is 3690. The Hall–Kier alpha value is -7.47. The summed E-state index contributed by atoms with van der Waals surface area (Å²) < 4.78 is 7.20. The molecule has 4 aromatic heterocycles. The molecular weight excluding hydrogens is 977 g/mol. The molecule has 0 spiro atoms. The van der Waals surface area contributed by atoms with Crippen LogP contribution in [-0.4, -0.2) is 19.1 Å². The van der Waals surface area contributed by atoms with Crippen molar-refractivity contribution in [3.63, 3.8) is 0 Å². The van der Waals surface area contributed by atoms with Crippen molar-refractivity contribution >= 4 is 75.1 Å². The summed E-state index contributed by atoms with van der Waals surface area (Å²) >= 11 is 1.82. The van der Waals surface area contributed by atoms with Crippen LogP contribution >= 0.6 is 11.3 Å². The van der Waals surface area contributed by atoms with E-state index in [1.165, 1.54) is 63.9 Å². The van der Waals surface area contributed by atoms with E-state index in [2.05, 4.69) is 196 Å². The minimum Gasteiger partial charge on any atom is -0.350 e. The summed E-state index contributed by atoms with van der Waals surface area (Å²) in [5.74, 6) is 0.888. The van der Waals surface area contributed by atoms with Gasteiger partial charge >= 0.3 is 0 Å². The molecule has 305 valence electrons. The standard InChI is InChI=1S/C47H28N3S.C11H8N.Ir/c1-2-12-30(13-3-1)31-22-25-33(26-23-31)49-45-34-15-5-4-14-32(34)24-28-39(45)48-47(49)38-27-29-42(44-37-18-8-11-21-43(37)51-46(38)44)50-40-19-9-6-16-35(40)36-17-7-10-20-41(36)50;1-2-6-10(7-3-1)11-8-4-5-9-12-11;/h1-26,28-29H;1-6,8-9H;/q2*-1;. The van der Waals surface area contributed by atoms with Gasteiger partial charge < -0.3 is 14.1 Å². The number of aromatic nitrogens is 4. The zero-order chi connectivity index (χ0) is 41.7. The SMILES string of the molecule is [Ir].[c-]1cc(-n2c3ccccc3c3ccccc32)c2c(sc3ccccc32)c1-c1nc2ccc3ccccc3c2n1-c1ccc(-c2ccccc2)cc1.[c-]1ccccc1-c1ccccn1. The molecule has 1 radical (unpaired) electrons. The molecule has 13 aromatic rings. The van der Waals surface area contributed by atoms with E-state index in [9.17, 15) is 0 Å². The molecule has 0 atom stereocenters. The van der Waals surface area contributed by atoms with Gasteiger partial charge in [-0.15, -0.1) is 48.0 Å². The van der Waals surface area contributed by atoms with Gasteiger partial charge in [0.15, 0.2) is 0 Å². The van der Waals surface area contributed by atoms with E-state index in [0.29, 0.717) is 0 Å². The van der Waals surface area contributed by atoms with Gasteiger partial charge in [0, 0.05) is 63.9 Å². The summed E-state index contributed by atoms with van der Waals surface area (Å²) in [5, 5.41) is 7.32. The number of para-hydroxylation sites is 2. The maximum absolute atomic E-state index is 5.43. The summed E-state index contributed by atoms with van der Waals surface area (Å²) in [5.41, 5.74) is 12.0. The van der Waals surface area contributed by atoms with E-state index in [4.69, 9.17) is 4.98 Å². The monoisotopic (exact) mass is 1010 g/mol. The fourth-order valence-corrected chi connectivity index (χ4v) is 10.3. The van der Waals surface area contributed by atoms with E-state index in [1.54, 1.807) is 6.20 Å². The van der Waals surface area contributed by atoms with Crippen molar-refractivity contribution in [2.75, 3.05) is 0 Å². The number of benzene rings is 9. The predicted octanol–water partition coefficient (Wildman–Crippen LogP) is 15.3. The second-order valence-electron chi connectivity index (χ2n) is 15.6. The van der Waals surface area contributed by atoms with Gasteiger partial charge in [0.1, 0.15) is 0 Å². The fraction of sp³-hybridized carbons (Fsp3) is 0. The molecule has 4 heterocycles. The van der Waals surface area contributed by atoms with Gasteiger partial charge in [0.2, 0.25) is 0 Å². The van der Waals surface area contributed by atoms with Gasteiger partial charge in [-0.1, -0.05) is 150 Å². The summed E-state index contributed by atoms with van der Waals surface area (Å²) in [6.45, 7) is 0. The molecule has 6 heteroatoms. The smallest absolute Gasteiger partial charge is 0.0781 e. The van der Waals surface area contributed by atoms with Crippen LogP contribution in [0.3, 0.4) is 0 Å². The van der Waals surface area contributed by atoms with E-state index in [-0.39, 0.29) is 20.1 Å². The van der Waals surface area contributed by atoms with Crippen LogP contribution in [0.25, 0.3) is 109 Å². The first kappa shape index (κ1) is 39.4. The van der Waals surface area contributed by atoms with Crippen molar-refractivity contribution < 1.29 is 20.1 Å². The largest absolute Gasteiger partial charge is 0.350 e. The molecule has 0 saturated carbocycles. The Morgan fingerprint density at radius 2 is 1.16 bits per heavy atom. The Kier molecular flexibility index (Phi) is 10.3. The van der Waals surface area contributed by atoms with Crippen LogP contribution in [0, 0.1) is 12.1 Å². The van der Waals surface area contributed by atoms with Crippen molar-refractivity contribution in [2.24, 2.45) is 0 Å². The Balaban J connectivity index is 0.000000305. The van der Waals surface area contributed by atoms with Crippen LogP contribution in [0.1, 0.15) is 0 Å². The van der Waals surface area contributed by atoms with Crippen LogP contribution in [0.2, 0.25) is 0 Å². The zero-order valence-corrected chi connectivity index (χ0v) is 37.5. The number of hydrogen-bond donors (Lipinski definition) is 0. The number of hydrogen-bond acceptors (Lipinski definition) is 3. The number of rotatable bonds is 5. The molecule has 0 fully saturated rings. The summed E-state index contributed by atoms with van der Waals surface area (Å²) in [4.78, 5) is 9.65. The fourth-order valence-electron chi connectivity index (χ4n) is 9.04. The quantitative estimate of drug-likeness (QED) is 0.161. The Labute approximate surface area is 387 Å². The molecule has 0 bridgehead atoms. The van der Waals surface area contributed by atoms with Crippen molar-refractivity contribution in [2.45, 2.75) is 0 Å². The average molecular weight is 1010 g/mol. The average Bonchev–Trinajstić information content (AvgIpc) is 4.06. The van der Waals surface area contributed by atoms with Crippen LogP contribution < -0.4 is 0 Å². The third-order valence-electron chi connectivity index (χ3n) is 11.9. The van der Waals surface area contributed by atoms with Gasteiger partial charge in [0.25, 0.3) is 0 Å². The maximum Gasteiger partial charge on any atom is 0.0781 e. The topological polar surface area (TPSA) is 35.6 Å². The van der Waals surface area contributed by atoms with Gasteiger partial charge in [0.05, 0.1) is 16.9 Å². The van der Waals surface area contributed by atoms with Gasteiger partial charge in [-0.2, -0.15) is 11.3 Å². The second-order valence-corrected chi connectivity index (χ2v) is 16.6. The molecule has 0 N–H and O–H groups in total. The molecule has 0 amide bonds. The molecule has 64 heavy (non-hydrogen) atoms. The minimum absolute atomic E-state index is 0. The summed E-state index contributed by atoms with van der Waals surface area (Å²) in [6.07, 6.45) is 1.79. The van der Waals surface area contributed by atoms with Crippen molar-refractivity contribution in [3.05, 3.63) is 231 Å². The summed E-state index contributed by atoms with van der Waals surface area (Å²) in [7, 11) is 0. The number of fused-ring (bicyclic) bond motifs is 9. The number of pyridine rings is 1. The molecular formula is C58H36IrN4S-2. The molecule has 0 saturated heterocycles. The van der Waals surface area contributed by atoms with Crippen molar-refractivity contribution in [1.29, 1.82) is 0 Å². The van der Waals surface area contributed by atoms with Crippen LogP contribution in [-0.2, 0) is 20.1 Å².